The molecule has 0 spiro atoms. The van der Waals surface area contributed by atoms with E-state index in [1.165, 1.54) is 19.2 Å². The zero-order chi connectivity index (χ0) is 17.0. The highest BCUT2D eigenvalue weighted by Crippen LogP contribution is 2.22. The highest BCUT2D eigenvalue weighted by Gasteiger charge is 2.18. The van der Waals surface area contributed by atoms with Crippen molar-refractivity contribution in [1.82, 2.24) is 9.55 Å². The van der Waals surface area contributed by atoms with E-state index in [1.807, 2.05) is 0 Å². The molecule has 23 heavy (non-hydrogen) atoms. The van der Waals surface area contributed by atoms with E-state index < -0.39 is 19.1 Å². The second kappa shape index (κ2) is 6.99. The van der Waals surface area contributed by atoms with Gasteiger partial charge in [0.25, 0.3) is 0 Å². The predicted molar refractivity (Wildman–Crippen MR) is 78.1 cm³/mol. The van der Waals surface area contributed by atoms with E-state index in [1.54, 1.807) is 19.1 Å². The zero-order valence-corrected chi connectivity index (χ0v) is 12.5. The number of halogens is 2. The van der Waals surface area contributed by atoms with Gasteiger partial charge in [-0.25, -0.2) is 9.78 Å². The number of nitrogens with zero attached hydrogens (tertiary/aromatic N) is 2. The fourth-order valence-corrected chi connectivity index (χ4v) is 2.02. The van der Waals surface area contributed by atoms with Crippen LogP contribution in [-0.4, -0.2) is 21.4 Å². The molecule has 0 saturated heterocycles. The van der Waals surface area contributed by atoms with Gasteiger partial charge in [0.2, 0.25) is 5.91 Å². The number of ether oxygens (including phenoxy) is 1. The summed E-state index contributed by atoms with van der Waals surface area (Å²) in [5.41, 5.74) is 1.17. The molecule has 1 amide bonds. The van der Waals surface area contributed by atoms with Crippen molar-refractivity contribution < 1.29 is 23.1 Å². The molecule has 2 rings (SSSR count). The maximum Gasteiger partial charge on any atom is 0.340 e. The van der Waals surface area contributed by atoms with Gasteiger partial charge in [-0.2, -0.15) is 8.78 Å². The number of para-hydroxylation sites is 1. The van der Waals surface area contributed by atoms with Gasteiger partial charge in [0, 0.05) is 19.3 Å². The van der Waals surface area contributed by atoms with E-state index >= 15 is 0 Å². The third-order valence-corrected chi connectivity index (χ3v) is 3.09. The molecular formula is C15H15F2N3O3. The molecule has 0 atom stereocenters. The van der Waals surface area contributed by atoms with Crippen molar-refractivity contribution in [1.29, 1.82) is 0 Å². The van der Waals surface area contributed by atoms with Gasteiger partial charge in [0.1, 0.15) is 6.61 Å². The van der Waals surface area contributed by atoms with Crippen molar-refractivity contribution in [3.05, 3.63) is 47.5 Å². The second-order valence-corrected chi connectivity index (χ2v) is 4.78. The lowest BCUT2D eigenvalue weighted by Gasteiger charge is -2.13. The Bertz CT molecular complexity index is 729. The average molecular weight is 323 g/mol. The predicted octanol–water partition coefficient (Wildman–Crippen LogP) is 2.90. The molecule has 122 valence electrons. The first-order valence-corrected chi connectivity index (χ1v) is 6.74. The van der Waals surface area contributed by atoms with Gasteiger partial charge in [0.05, 0.1) is 11.3 Å². The van der Waals surface area contributed by atoms with Gasteiger partial charge in [-0.05, 0) is 18.6 Å². The standard InChI is InChI=1S/C15H15F2N3O3/c1-9-4-3-5-11(13(9)19-10(2)21)14(22)23-8-12-18-6-7-20(12)15(16)17/h3-7,15H,8H2,1-2H3,(H,19,21). The number of amides is 1. The summed E-state index contributed by atoms with van der Waals surface area (Å²) in [5.74, 6) is -1.13. The van der Waals surface area contributed by atoms with E-state index in [-0.39, 0.29) is 17.3 Å². The number of anilines is 1. The van der Waals surface area contributed by atoms with Crippen LogP contribution in [0.25, 0.3) is 0 Å². The zero-order valence-electron chi connectivity index (χ0n) is 12.5. The van der Waals surface area contributed by atoms with Crippen LogP contribution in [0.15, 0.2) is 30.6 Å². The van der Waals surface area contributed by atoms with Crippen molar-refractivity contribution in [3.63, 3.8) is 0 Å². The summed E-state index contributed by atoms with van der Waals surface area (Å²) >= 11 is 0. The van der Waals surface area contributed by atoms with Gasteiger partial charge < -0.3 is 10.1 Å². The minimum absolute atomic E-state index is 0.0675. The molecule has 1 N–H and O–H groups in total. The number of hydrogen-bond donors (Lipinski definition) is 1. The molecule has 0 bridgehead atoms. The Morgan fingerprint density at radius 2 is 2.13 bits per heavy atom. The molecule has 6 nitrogen and oxygen atoms in total. The van der Waals surface area contributed by atoms with E-state index in [2.05, 4.69) is 10.3 Å². The number of imidazole rings is 1. The summed E-state index contributed by atoms with van der Waals surface area (Å²) in [5, 5.41) is 2.56. The smallest absolute Gasteiger partial charge is 0.340 e. The summed E-state index contributed by atoms with van der Waals surface area (Å²) in [7, 11) is 0. The first-order valence-electron chi connectivity index (χ1n) is 6.74. The van der Waals surface area contributed by atoms with Gasteiger partial charge in [0.15, 0.2) is 5.82 Å². The van der Waals surface area contributed by atoms with E-state index in [0.717, 1.165) is 6.20 Å². The molecular weight excluding hydrogens is 308 g/mol. The molecule has 0 saturated carbocycles. The normalized spacial score (nSPS) is 10.7. The first kappa shape index (κ1) is 16.6. The van der Waals surface area contributed by atoms with Crippen LogP contribution in [0.4, 0.5) is 14.5 Å². The van der Waals surface area contributed by atoms with Crippen LogP contribution in [0.1, 0.15) is 35.2 Å². The largest absolute Gasteiger partial charge is 0.454 e. The molecule has 8 heteroatoms. The molecule has 2 aromatic rings. The van der Waals surface area contributed by atoms with Crippen molar-refractivity contribution >= 4 is 17.6 Å². The molecule has 0 aliphatic heterocycles. The Kier molecular flexibility index (Phi) is 5.05. The Morgan fingerprint density at radius 3 is 2.78 bits per heavy atom. The maximum absolute atomic E-state index is 12.7. The molecule has 0 aliphatic rings. The van der Waals surface area contributed by atoms with Crippen LogP contribution in [0.3, 0.4) is 0 Å². The van der Waals surface area contributed by atoms with Gasteiger partial charge in [-0.1, -0.05) is 12.1 Å². The number of aryl methyl sites for hydroxylation is 1. The topological polar surface area (TPSA) is 73.2 Å². The van der Waals surface area contributed by atoms with Crippen molar-refractivity contribution in [2.24, 2.45) is 0 Å². The Hall–Kier alpha value is -2.77. The third kappa shape index (κ3) is 3.91. The third-order valence-electron chi connectivity index (χ3n) is 3.09. The number of aromatic nitrogens is 2. The molecule has 0 fully saturated rings. The molecule has 1 heterocycles. The SMILES string of the molecule is CC(=O)Nc1c(C)cccc1C(=O)OCc1nccn1C(F)F. The van der Waals surface area contributed by atoms with Crippen LogP contribution in [0, 0.1) is 6.92 Å². The molecule has 0 unspecified atom stereocenters. The first-order chi connectivity index (χ1) is 10.9. The van der Waals surface area contributed by atoms with Crippen molar-refractivity contribution in [2.45, 2.75) is 27.0 Å². The molecule has 0 aliphatic carbocycles. The number of rotatable bonds is 5. The fraction of sp³-hybridized carbons (Fsp3) is 0.267. The van der Waals surface area contributed by atoms with Gasteiger partial charge in [-0.15, -0.1) is 0 Å². The lowest BCUT2D eigenvalue weighted by atomic mass is 10.1. The van der Waals surface area contributed by atoms with E-state index in [0.29, 0.717) is 15.8 Å². The highest BCUT2D eigenvalue weighted by molar-refractivity contribution is 6.01. The number of carbonyl (C=O) groups excluding carboxylic acids is 2. The van der Waals surface area contributed by atoms with Gasteiger partial charge in [-0.3, -0.25) is 9.36 Å². The molecule has 1 aromatic heterocycles. The van der Waals surface area contributed by atoms with Gasteiger partial charge >= 0.3 is 12.5 Å². The maximum atomic E-state index is 12.7. The van der Waals surface area contributed by atoms with Crippen LogP contribution < -0.4 is 5.32 Å². The summed E-state index contributed by atoms with van der Waals surface area (Å²) in [4.78, 5) is 27.1. The highest BCUT2D eigenvalue weighted by atomic mass is 19.3. The number of carbonyl (C=O) groups is 2. The van der Waals surface area contributed by atoms with Crippen LogP contribution >= 0.6 is 0 Å². The number of esters is 1. The minimum Gasteiger partial charge on any atom is -0.454 e. The van der Waals surface area contributed by atoms with E-state index in [4.69, 9.17) is 4.74 Å². The minimum atomic E-state index is -2.76. The summed E-state index contributed by atoms with van der Waals surface area (Å²) < 4.78 is 31.1. The lowest BCUT2D eigenvalue weighted by Crippen LogP contribution is -2.15. The Morgan fingerprint density at radius 1 is 1.39 bits per heavy atom. The van der Waals surface area contributed by atoms with Crippen LogP contribution in [0.2, 0.25) is 0 Å². The second-order valence-electron chi connectivity index (χ2n) is 4.78. The monoisotopic (exact) mass is 323 g/mol. The summed E-state index contributed by atoms with van der Waals surface area (Å²) in [6, 6.07) is 4.85. The average Bonchev–Trinajstić information content (AvgIpc) is 2.95. The Labute approximate surface area is 131 Å². The summed E-state index contributed by atoms with van der Waals surface area (Å²) in [6.45, 7) is -0.115. The molecule has 1 aromatic carbocycles. The number of alkyl halides is 2. The fourth-order valence-electron chi connectivity index (χ4n) is 2.02. The lowest BCUT2D eigenvalue weighted by molar-refractivity contribution is -0.114. The van der Waals surface area contributed by atoms with Crippen molar-refractivity contribution in [2.75, 3.05) is 5.32 Å². The quantitative estimate of drug-likeness (QED) is 0.859. The number of hydrogen-bond acceptors (Lipinski definition) is 4. The summed E-state index contributed by atoms with van der Waals surface area (Å²) in [6.07, 6.45) is 2.30. The van der Waals surface area contributed by atoms with Crippen molar-refractivity contribution in [3.8, 4) is 0 Å². The van der Waals surface area contributed by atoms with Crippen LogP contribution in [-0.2, 0) is 16.1 Å². The Balaban J connectivity index is 2.16. The van der Waals surface area contributed by atoms with Crippen LogP contribution in [0.5, 0.6) is 0 Å². The number of nitrogens with one attached hydrogen (secondary N) is 1. The van der Waals surface area contributed by atoms with E-state index in [9.17, 15) is 18.4 Å². The molecule has 0 radical (unpaired) electrons. The number of benzene rings is 1.